The monoisotopic (exact) mass is 414 g/mol. The highest BCUT2D eigenvalue weighted by Crippen LogP contribution is 2.29. The molecule has 0 saturated carbocycles. The lowest BCUT2D eigenvalue weighted by Gasteiger charge is -2.11. The van der Waals surface area contributed by atoms with Crippen molar-refractivity contribution < 1.29 is 18.7 Å². The Kier molecular flexibility index (Phi) is 5.98. The molecule has 4 rings (SSSR count). The van der Waals surface area contributed by atoms with Crippen LogP contribution in [0.4, 0.5) is 5.69 Å². The number of hydrogen-bond donors (Lipinski definition) is 2. The van der Waals surface area contributed by atoms with E-state index in [1.807, 2.05) is 42.5 Å². The molecule has 156 valence electrons. The predicted molar refractivity (Wildman–Crippen MR) is 120 cm³/mol. The van der Waals surface area contributed by atoms with E-state index in [1.165, 1.54) is 0 Å². The molecule has 0 bridgehead atoms. The zero-order valence-corrected chi connectivity index (χ0v) is 17.1. The van der Waals surface area contributed by atoms with Gasteiger partial charge in [-0.05, 0) is 36.2 Å². The molecule has 0 radical (unpaired) electrons. The summed E-state index contributed by atoms with van der Waals surface area (Å²) in [5.41, 5.74) is 2.45. The van der Waals surface area contributed by atoms with Crippen LogP contribution in [0, 0.1) is 0 Å². The molecule has 6 heteroatoms. The molecule has 0 aliphatic carbocycles. The minimum absolute atomic E-state index is 0.138. The van der Waals surface area contributed by atoms with E-state index in [0.717, 1.165) is 17.4 Å². The van der Waals surface area contributed by atoms with Gasteiger partial charge in [0.15, 0.2) is 17.1 Å². The molecule has 0 unspecified atom stereocenters. The second kappa shape index (κ2) is 9.17. The lowest BCUT2D eigenvalue weighted by molar-refractivity contribution is 0.0955. The number of rotatable bonds is 7. The number of anilines is 1. The highest BCUT2D eigenvalue weighted by Gasteiger charge is 2.18. The van der Waals surface area contributed by atoms with Crippen LogP contribution in [0.5, 0.6) is 5.75 Å². The molecule has 4 aromatic rings. The largest absolute Gasteiger partial charge is 0.493 e. The first-order chi connectivity index (χ1) is 15.2. The Morgan fingerprint density at radius 1 is 0.903 bits per heavy atom. The highest BCUT2D eigenvalue weighted by atomic mass is 16.5. The van der Waals surface area contributed by atoms with Crippen molar-refractivity contribution in [3.63, 3.8) is 0 Å². The topological polar surface area (TPSA) is 80.6 Å². The third-order valence-electron chi connectivity index (χ3n) is 4.91. The maximum Gasteiger partial charge on any atom is 0.291 e. The molecule has 6 nitrogen and oxygen atoms in total. The van der Waals surface area contributed by atoms with Gasteiger partial charge in [0.05, 0.1) is 18.4 Å². The van der Waals surface area contributed by atoms with Crippen molar-refractivity contribution >= 4 is 28.5 Å². The number of para-hydroxylation sites is 2. The third-order valence-corrected chi connectivity index (χ3v) is 4.91. The van der Waals surface area contributed by atoms with Gasteiger partial charge < -0.3 is 19.8 Å². The molecule has 1 heterocycles. The van der Waals surface area contributed by atoms with Crippen molar-refractivity contribution in [2.45, 2.75) is 6.42 Å². The molecule has 0 aliphatic heterocycles. The Hall–Kier alpha value is -4.06. The number of carbonyl (C=O) groups is 2. The summed E-state index contributed by atoms with van der Waals surface area (Å²) in [4.78, 5) is 25.5. The quantitative estimate of drug-likeness (QED) is 0.461. The SMILES string of the molecule is COc1cccc2cc(C(=O)Nc3ccccc3C(=O)NCCc3ccccc3)oc12. The van der Waals surface area contributed by atoms with E-state index in [0.29, 0.717) is 29.1 Å². The number of carbonyl (C=O) groups excluding carboxylic acids is 2. The van der Waals surface area contributed by atoms with Crippen molar-refractivity contribution in [2.24, 2.45) is 0 Å². The Bertz CT molecular complexity index is 1210. The second-order valence-corrected chi connectivity index (χ2v) is 6.98. The molecule has 0 spiro atoms. The molecule has 2 N–H and O–H groups in total. The van der Waals surface area contributed by atoms with E-state index in [-0.39, 0.29) is 11.7 Å². The maximum atomic E-state index is 12.8. The van der Waals surface area contributed by atoms with Crippen molar-refractivity contribution in [1.29, 1.82) is 0 Å². The minimum Gasteiger partial charge on any atom is -0.493 e. The number of nitrogens with one attached hydrogen (secondary N) is 2. The van der Waals surface area contributed by atoms with Crippen LogP contribution in [0.1, 0.15) is 26.5 Å². The fraction of sp³-hybridized carbons (Fsp3) is 0.120. The van der Waals surface area contributed by atoms with Crippen molar-refractivity contribution in [2.75, 3.05) is 19.0 Å². The van der Waals surface area contributed by atoms with Gasteiger partial charge in [-0.25, -0.2) is 0 Å². The lowest BCUT2D eigenvalue weighted by atomic mass is 10.1. The number of furan rings is 1. The van der Waals surface area contributed by atoms with E-state index in [4.69, 9.17) is 9.15 Å². The number of methoxy groups -OCH3 is 1. The van der Waals surface area contributed by atoms with Gasteiger partial charge in [0, 0.05) is 11.9 Å². The summed E-state index contributed by atoms with van der Waals surface area (Å²) in [5, 5.41) is 6.45. The zero-order chi connectivity index (χ0) is 21.6. The summed E-state index contributed by atoms with van der Waals surface area (Å²) in [7, 11) is 1.55. The van der Waals surface area contributed by atoms with Gasteiger partial charge in [-0.15, -0.1) is 0 Å². The summed E-state index contributed by atoms with van der Waals surface area (Å²) >= 11 is 0. The standard InChI is InChI=1S/C25H22N2O4/c1-30-21-13-7-10-18-16-22(31-23(18)21)25(29)27-20-12-6-5-11-19(20)24(28)26-15-14-17-8-3-2-4-9-17/h2-13,16H,14-15H2,1H3,(H,26,28)(H,27,29). The second-order valence-electron chi connectivity index (χ2n) is 6.98. The van der Waals surface area contributed by atoms with E-state index in [9.17, 15) is 9.59 Å². The van der Waals surface area contributed by atoms with E-state index in [2.05, 4.69) is 10.6 Å². The fourth-order valence-electron chi connectivity index (χ4n) is 3.34. The van der Waals surface area contributed by atoms with Crippen LogP contribution in [0.2, 0.25) is 0 Å². The van der Waals surface area contributed by atoms with Crippen molar-refractivity contribution in [3.05, 3.63) is 95.7 Å². The number of benzene rings is 3. The Morgan fingerprint density at radius 2 is 1.68 bits per heavy atom. The van der Waals surface area contributed by atoms with Gasteiger partial charge in [-0.1, -0.05) is 54.6 Å². The third kappa shape index (κ3) is 4.59. The number of amides is 2. The van der Waals surface area contributed by atoms with E-state index in [1.54, 1.807) is 43.5 Å². The van der Waals surface area contributed by atoms with Crippen LogP contribution < -0.4 is 15.4 Å². The summed E-state index contributed by atoms with van der Waals surface area (Å²) < 4.78 is 11.0. The van der Waals surface area contributed by atoms with Gasteiger partial charge in [0.25, 0.3) is 11.8 Å². The molecule has 0 atom stereocenters. The first-order valence-corrected chi connectivity index (χ1v) is 9.95. The van der Waals surface area contributed by atoms with Gasteiger partial charge in [0.2, 0.25) is 0 Å². The van der Waals surface area contributed by atoms with E-state index >= 15 is 0 Å². The van der Waals surface area contributed by atoms with Crippen molar-refractivity contribution in [1.82, 2.24) is 5.32 Å². The van der Waals surface area contributed by atoms with Crippen LogP contribution in [0.25, 0.3) is 11.0 Å². The fourth-order valence-corrected chi connectivity index (χ4v) is 3.34. The van der Waals surface area contributed by atoms with Crippen LogP contribution in [0.3, 0.4) is 0 Å². The normalized spacial score (nSPS) is 10.6. The molecule has 1 aromatic heterocycles. The molecule has 3 aromatic carbocycles. The lowest BCUT2D eigenvalue weighted by Crippen LogP contribution is -2.27. The number of fused-ring (bicyclic) bond motifs is 1. The summed E-state index contributed by atoms with van der Waals surface area (Å²) in [6, 6.07) is 23.9. The molecular formula is C25H22N2O4. The number of hydrogen-bond acceptors (Lipinski definition) is 4. The Labute approximate surface area is 179 Å². The Morgan fingerprint density at radius 3 is 2.48 bits per heavy atom. The van der Waals surface area contributed by atoms with E-state index < -0.39 is 5.91 Å². The number of ether oxygens (including phenoxy) is 1. The smallest absolute Gasteiger partial charge is 0.291 e. The average molecular weight is 414 g/mol. The Balaban J connectivity index is 1.47. The summed E-state index contributed by atoms with van der Waals surface area (Å²) in [6.07, 6.45) is 0.724. The molecule has 0 saturated heterocycles. The van der Waals surface area contributed by atoms with Gasteiger partial charge in [0.1, 0.15) is 0 Å². The van der Waals surface area contributed by atoms with Gasteiger partial charge in [-0.2, -0.15) is 0 Å². The van der Waals surface area contributed by atoms with Crippen LogP contribution >= 0.6 is 0 Å². The van der Waals surface area contributed by atoms with Crippen molar-refractivity contribution in [3.8, 4) is 5.75 Å². The average Bonchev–Trinajstić information content (AvgIpc) is 3.25. The molecule has 31 heavy (non-hydrogen) atoms. The minimum atomic E-state index is -0.442. The highest BCUT2D eigenvalue weighted by molar-refractivity contribution is 6.09. The molecule has 0 aliphatic rings. The predicted octanol–water partition coefficient (Wildman–Crippen LogP) is 4.67. The summed E-state index contributed by atoms with van der Waals surface area (Å²) in [5.74, 6) is -0.00516. The van der Waals surface area contributed by atoms with Crippen LogP contribution in [-0.2, 0) is 6.42 Å². The first-order valence-electron chi connectivity index (χ1n) is 9.95. The molecule has 2 amide bonds. The zero-order valence-electron chi connectivity index (χ0n) is 17.1. The first kappa shape index (κ1) is 20.2. The maximum absolute atomic E-state index is 12.8. The van der Waals surface area contributed by atoms with Gasteiger partial charge in [-0.3, -0.25) is 9.59 Å². The summed E-state index contributed by atoms with van der Waals surface area (Å²) in [6.45, 7) is 0.495. The van der Waals surface area contributed by atoms with Crippen LogP contribution in [0.15, 0.2) is 83.3 Å². The molecular weight excluding hydrogens is 392 g/mol. The molecule has 0 fully saturated rings. The van der Waals surface area contributed by atoms with Crippen LogP contribution in [-0.4, -0.2) is 25.5 Å². The van der Waals surface area contributed by atoms with Gasteiger partial charge >= 0.3 is 0 Å².